The maximum Gasteiger partial charge on any atom is 0.309 e. The Labute approximate surface area is 188 Å². The summed E-state index contributed by atoms with van der Waals surface area (Å²) in [6.07, 6.45) is 3.27. The highest BCUT2D eigenvalue weighted by Crippen LogP contribution is 2.36. The summed E-state index contributed by atoms with van der Waals surface area (Å²) in [5, 5.41) is 0. The molecule has 3 aliphatic heterocycles. The maximum absolute atomic E-state index is 13.1. The van der Waals surface area contributed by atoms with Crippen molar-refractivity contribution in [3.63, 3.8) is 0 Å². The highest BCUT2D eigenvalue weighted by molar-refractivity contribution is 7.89. The van der Waals surface area contributed by atoms with E-state index in [4.69, 9.17) is 14.2 Å². The van der Waals surface area contributed by atoms with E-state index in [0.717, 1.165) is 32.4 Å². The first-order valence-electron chi connectivity index (χ1n) is 11.3. The Morgan fingerprint density at radius 3 is 2.47 bits per heavy atom. The minimum atomic E-state index is -3.73. The van der Waals surface area contributed by atoms with Crippen LogP contribution in [0.15, 0.2) is 23.1 Å². The van der Waals surface area contributed by atoms with Crippen LogP contribution in [-0.4, -0.2) is 75.0 Å². The maximum atomic E-state index is 13.1. The Morgan fingerprint density at radius 2 is 1.78 bits per heavy atom. The minimum Gasteiger partial charge on any atom is -0.485 e. The lowest BCUT2D eigenvalue weighted by Gasteiger charge is -2.33. The molecule has 0 spiro atoms. The number of esters is 1. The molecule has 4 rings (SSSR count). The van der Waals surface area contributed by atoms with Gasteiger partial charge >= 0.3 is 5.97 Å². The molecule has 1 aromatic rings. The average molecular weight is 467 g/mol. The second-order valence-corrected chi connectivity index (χ2v) is 10.3. The van der Waals surface area contributed by atoms with Gasteiger partial charge in [0.25, 0.3) is 5.91 Å². The summed E-state index contributed by atoms with van der Waals surface area (Å²) < 4.78 is 44.2. The summed E-state index contributed by atoms with van der Waals surface area (Å²) in [5.41, 5.74) is 0. The molecule has 0 aromatic heterocycles. The fourth-order valence-electron chi connectivity index (χ4n) is 4.39. The fourth-order valence-corrected chi connectivity index (χ4v) is 5.88. The van der Waals surface area contributed by atoms with E-state index in [-0.39, 0.29) is 42.4 Å². The predicted molar refractivity (Wildman–Crippen MR) is 115 cm³/mol. The molecule has 9 nitrogen and oxygen atoms in total. The summed E-state index contributed by atoms with van der Waals surface area (Å²) in [6, 6.07) is 4.47. The number of sulfonamides is 1. The minimum absolute atomic E-state index is 0.0523. The van der Waals surface area contributed by atoms with E-state index in [0.29, 0.717) is 30.9 Å². The van der Waals surface area contributed by atoms with Crippen LogP contribution in [0.4, 0.5) is 0 Å². The number of hydrogen-bond acceptors (Lipinski definition) is 7. The van der Waals surface area contributed by atoms with Gasteiger partial charge in [0.1, 0.15) is 6.61 Å². The fraction of sp³-hybridized carbons (Fsp3) is 0.636. The molecule has 1 aromatic carbocycles. The van der Waals surface area contributed by atoms with Gasteiger partial charge < -0.3 is 19.1 Å². The summed E-state index contributed by atoms with van der Waals surface area (Å²) in [4.78, 5) is 26.5. The van der Waals surface area contributed by atoms with Gasteiger partial charge in [-0.1, -0.05) is 0 Å². The second-order valence-electron chi connectivity index (χ2n) is 8.34. The zero-order valence-corrected chi connectivity index (χ0v) is 19.1. The molecule has 32 heavy (non-hydrogen) atoms. The predicted octanol–water partition coefficient (Wildman–Crippen LogP) is 1.80. The number of nitrogens with zero attached hydrogens (tertiary/aromatic N) is 2. The normalized spacial score (nSPS) is 22.4. The van der Waals surface area contributed by atoms with Crippen molar-refractivity contribution in [2.45, 2.75) is 50.0 Å². The lowest BCUT2D eigenvalue weighted by atomic mass is 9.98. The smallest absolute Gasteiger partial charge is 0.309 e. The molecular formula is C22H30N2O7S. The van der Waals surface area contributed by atoms with Gasteiger partial charge in [0.2, 0.25) is 16.1 Å². The molecule has 1 atom stereocenters. The number of fused-ring (bicyclic) bond motifs is 1. The first-order valence-corrected chi connectivity index (χ1v) is 12.7. The zero-order chi connectivity index (χ0) is 22.7. The van der Waals surface area contributed by atoms with Crippen molar-refractivity contribution in [2.24, 2.45) is 5.92 Å². The van der Waals surface area contributed by atoms with Crippen LogP contribution in [0, 0.1) is 5.92 Å². The van der Waals surface area contributed by atoms with E-state index in [1.54, 1.807) is 17.9 Å². The van der Waals surface area contributed by atoms with Gasteiger partial charge in [0.05, 0.1) is 17.4 Å². The van der Waals surface area contributed by atoms with Crippen LogP contribution in [0.5, 0.6) is 11.5 Å². The van der Waals surface area contributed by atoms with Crippen LogP contribution in [0.25, 0.3) is 0 Å². The molecule has 0 N–H and O–H groups in total. The number of carbonyl (C=O) groups is 2. The summed E-state index contributed by atoms with van der Waals surface area (Å²) in [6.45, 7) is 4.10. The van der Waals surface area contributed by atoms with Crippen LogP contribution in [0.1, 0.15) is 39.0 Å². The van der Waals surface area contributed by atoms with Crippen molar-refractivity contribution >= 4 is 21.9 Å². The Hall–Kier alpha value is -2.33. The third-order valence-corrected chi connectivity index (χ3v) is 8.12. The van der Waals surface area contributed by atoms with Crippen LogP contribution < -0.4 is 9.47 Å². The first-order chi connectivity index (χ1) is 15.4. The Kier molecular flexibility index (Phi) is 6.90. The number of ether oxygens (including phenoxy) is 3. The van der Waals surface area contributed by atoms with Gasteiger partial charge in [-0.2, -0.15) is 4.31 Å². The van der Waals surface area contributed by atoms with Crippen LogP contribution in [-0.2, 0) is 24.3 Å². The van der Waals surface area contributed by atoms with E-state index >= 15 is 0 Å². The quantitative estimate of drug-likeness (QED) is 0.610. The summed E-state index contributed by atoms with van der Waals surface area (Å²) in [7, 11) is -3.73. The lowest BCUT2D eigenvalue weighted by Crippen LogP contribution is -2.48. The number of likely N-dealkylation sites (tertiary alicyclic amines) is 1. The standard InChI is InChI=1S/C22H30N2O7S/c1-2-29-22(26)16-8-12-24(13-9-16)32(27,28)17-6-7-18-19(14-17)30-15-20(31-18)21(25)23-10-4-3-5-11-23/h6-7,14,16,20H,2-5,8-13,15H2,1H3. The first kappa shape index (κ1) is 22.8. The SMILES string of the molecule is CCOC(=O)C1CCN(S(=O)(=O)c2ccc3c(c2)OCC(C(=O)N2CCCCC2)O3)CC1. The number of rotatable bonds is 5. The number of amides is 1. The molecule has 0 bridgehead atoms. The van der Waals surface area contributed by atoms with Crippen molar-refractivity contribution in [3.8, 4) is 11.5 Å². The Morgan fingerprint density at radius 1 is 1.06 bits per heavy atom. The van der Waals surface area contributed by atoms with Crippen molar-refractivity contribution < 1.29 is 32.2 Å². The number of carbonyl (C=O) groups excluding carboxylic acids is 2. The lowest BCUT2D eigenvalue weighted by molar-refractivity contribution is -0.149. The van der Waals surface area contributed by atoms with Crippen LogP contribution >= 0.6 is 0 Å². The Balaban J connectivity index is 1.41. The van der Waals surface area contributed by atoms with E-state index in [9.17, 15) is 18.0 Å². The summed E-state index contributed by atoms with van der Waals surface area (Å²) >= 11 is 0. The average Bonchev–Trinajstić information content (AvgIpc) is 2.83. The number of benzene rings is 1. The van der Waals surface area contributed by atoms with E-state index < -0.39 is 16.1 Å². The van der Waals surface area contributed by atoms with Gasteiger partial charge in [0.15, 0.2) is 11.5 Å². The molecular weight excluding hydrogens is 436 g/mol. The van der Waals surface area contributed by atoms with Crippen LogP contribution in [0.3, 0.4) is 0 Å². The van der Waals surface area contributed by atoms with Gasteiger partial charge in [-0.05, 0) is 51.2 Å². The van der Waals surface area contributed by atoms with Gasteiger partial charge in [-0.15, -0.1) is 0 Å². The largest absolute Gasteiger partial charge is 0.485 e. The van der Waals surface area contributed by atoms with Crippen molar-refractivity contribution in [2.75, 3.05) is 39.4 Å². The highest BCUT2D eigenvalue weighted by atomic mass is 32.2. The third-order valence-electron chi connectivity index (χ3n) is 6.23. The van der Waals surface area contributed by atoms with E-state index in [2.05, 4.69) is 0 Å². The number of piperidine rings is 2. The molecule has 0 aliphatic carbocycles. The molecule has 3 aliphatic rings. The molecule has 3 heterocycles. The second kappa shape index (κ2) is 9.66. The van der Waals surface area contributed by atoms with Gasteiger partial charge in [-0.25, -0.2) is 8.42 Å². The molecule has 10 heteroatoms. The van der Waals surface area contributed by atoms with E-state index in [1.165, 1.54) is 16.4 Å². The molecule has 2 fully saturated rings. The molecule has 176 valence electrons. The number of hydrogen-bond donors (Lipinski definition) is 0. The molecule has 1 amide bonds. The molecule has 2 saturated heterocycles. The van der Waals surface area contributed by atoms with Gasteiger partial charge in [-0.3, -0.25) is 9.59 Å². The Bertz CT molecular complexity index is 951. The third kappa shape index (κ3) is 4.71. The van der Waals surface area contributed by atoms with Gasteiger partial charge in [0, 0.05) is 32.2 Å². The van der Waals surface area contributed by atoms with Crippen LogP contribution in [0.2, 0.25) is 0 Å². The highest BCUT2D eigenvalue weighted by Gasteiger charge is 2.35. The molecule has 1 unspecified atom stereocenters. The summed E-state index contributed by atoms with van der Waals surface area (Å²) in [5.74, 6) is 0.0619. The van der Waals surface area contributed by atoms with Crippen molar-refractivity contribution in [1.82, 2.24) is 9.21 Å². The monoisotopic (exact) mass is 466 g/mol. The molecule has 0 radical (unpaired) electrons. The van der Waals surface area contributed by atoms with Crippen molar-refractivity contribution in [3.05, 3.63) is 18.2 Å². The zero-order valence-electron chi connectivity index (χ0n) is 18.3. The van der Waals surface area contributed by atoms with Crippen molar-refractivity contribution in [1.29, 1.82) is 0 Å². The topological polar surface area (TPSA) is 102 Å². The van der Waals surface area contributed by atoms with E-state index in [1.807, 2.05) is 0 Å². The molecule has 0 saturated carbocycles.